The van der Waals surface area contributed by atoms with E-state index in [2.05, 4.69) is 31.2 Å². The highest BCUT2D eigenvalue weighted by atomic mass is 16.6. The number of terminal acetylenes is 1. The number of rotatable bonds is 2. The number of hydrogen-bond acceptors (Lipinski definition) is 2. The van der Waals surface area contributed by atoms with E-state index in [0.717, 1.165) is 12.3 Å². The number of nitrogens with one attached hydrogen (secondary N) is 1. The highest BCUT2D eigenvalue weighted by Gasteiger charge is 2.52. The molecule has 0 saturated heterocycles. The van der Waals surface area contributed by atoms with Gasteiger partial charge in [-0.2, -0.15) is 0 Å². The van der Waals surface area contributed by atoms with E-state index in [9.17, 15) is 4.79 Å². The van der Waals surface area contributed by atoms with Crippen molar-refractivity contribution in [2.24, 2.45) is 17.3 Å². The predicted molar refractivity (Wildman–Crippen MR) is 80.1 cm³/mol. The molecule has 0 spiro atoms. The maximum absolute atomic E-state index is 11.9. The molecular formula is C17H25NO2. The van der Waals surface area contributed by atoms with Crippen molar-refractivity contribution in [3.8, 4) is 12.3 Å². The summed E-state index contributed by atoms with van der Waals surface area (Å²) in [5.74, 6) is 3.94. The van der Waals surface area contributed by atoms with Gasteiger partial charge in [-0.3, -0.25) is 0 Å². The summed E-state index contributed by atoms with van der Waals surface area (Å²) in [6.45, 7) is 10.1. The maximum atomic E-state index is 11.9. The molecule has 1 N–H and O–H groups in total. The van der Waals surface area contributed by atoms with Gasteiger partial charge in [-0.05, 0) is 56.4 Å². The minimum atomic E-state index is -0.509. The number of fused-ring (bicyclic) bond motifs is 1. The zero-order chi connectivity index (χ0) is 15.1. The fraction of sp³-hybridized carbons (Fsp3) is 0.706. The summed E-state index contributed by atoms with van der Waals surface area (Å²) < 4.78 is 5.29. The molecule has 0 heterocycles. The number of ether oxygens (including phenoxy) is 1. The van der Waals surface area contributed by atoms with E-state index >= 15 is 0 Å². The van der Waals surface area contributed by atoms with Crippen molar-refractivity contribution in [3.05, 3.63) is 11.6 Å². The maximum Gasteiger partial charge on any atom is 0.408 e. The van der Waals surface area contributed by atoms with E-state index in [4.69, 9.17) is 11.2 Å². The Bertz CT molecular complexity index is 476. The summed E-state index contributed by atoms with van der Waals surface area (Å²) in [4.78, 5) is 11.9. The smallest absolute Gasteiger partial charge is 0.408 e. The Morgan fingerprint density at radius 2 is 2.20 bits per heavy atom. The third kappa shape index (κ3) is 2.70. The van der Waals surface area contributed by atoms with E-state index < -0.39 is 11.7 Å². The van der Waals surface area contributed by atoms with Gasteiger partial charge in [0.1, 0.15) is 11.6 Å². The second kappa shape index (κ2) is 4.84. The third-order valence-electron chi connectivity index (χ3n) is 4.67. The lowest BCUT2D eigenvalue weighted by atomic mass is 9.48. The molecule has 3 atom stereocenters. The number of hydrogen-bond donors (Lipinski definition) is 1. The van der Waals surface area contributed by atoms with Crippen molar-refractivity contribution in [1.29, 1.82) is 0 Å². The van der Waals surface area contributed by atoms with Crippen LogP contribution in [0.2, 0.25) is 0 Å². The normalized spacial score (nSPS) is 28.5. The minimum Gasteiger partial charge on any atom is -0.444 e. The lowest BCUT2D eigenvalue weighted by Gasteiger charge is -2.57. The van der Waals surface area contributed by atoms with E-state index in [1.54, 1.807) is 0 Å². The summed E-state index contributed by atoms with van der Waals surface area (Å²) in [6.07, 6.45) is 9.64. The largest absolute Gasteiger partial charge is 0.444 e. The number of carbonyl (C=O) groups is 1. The van der Waals surface area contributed by atoms with Crippen LogP contribution < -0.4 is 5.32 Å². The summed E-state index contributed by atoms with van der Waals surface area (Å²) in [5, 5.41) is 2.82. The molecule has 0 aromatic carbocycles. The average molecular weight is 275 g/mol. The molecule has 1 amide bonds. The Labute approximate surface area is 122 Å². The van der Waals surface area contributed by atoms with Gasteiger partial charge in [0, 0.05) is 0 Å². The zero-order valence-corrected chi connectivity index (χ0v) is 13.1. The molecule has 3 nitrogen and oxygen atoms in total. The first kappa shape index (κ1) is 15.0. The number of amides is 1. The van der Waals surface area contributed by atoms with Gasteiger partial charge in [-0.25, -0.2) is 4.79 Å². The first-order valence-electron chi connectivity index (χ1n) is 7.30. The van der Waals surface area contributed by atoms with Crippen molar-refractivity contribution in [3.63, 3.8) is 0 Å². The van der Waals surface area contributed by atoms with Gasteiger partial charge < -0.3 is 10.1 Å². The Kier molecular flexibility index (Phi) is 3.62. The third-order valence-corrected chi connectivity index (χ3v) is 4.67. The van der Waals surface area contributed by atoms with Crippen molar-refractivity contribution >= 4 is 6.09 Å². The molecule has 3 rings (SSSR count). The second-order valence-corrected chi connectivity index (χ2v) is 7.49. The van der Waals surface area contributed by atoms with E-state index in [1.807, 2.05) is 20.8 Å². The molecule has 20 heavy (non-hydrogen) atoms. The standard InChI is InChI=1S/C17H25NO2/c1-7-14(18-15(19)20-16(2,3)4)12-9-8-11-10-13(12)17(11,5)6/h1,9,11,13-14H,8,10H2,2-6H3,(H,18,19)/t11-,13-,14?/m0/s1. The highest BCUT2D eigenvalue weighted by molar-refractivity contribution is 5.69. The molecule has 0 aromatic heterocycles. The molecule has 3 heteroatoms. The molecular weight excluding hydrogens is 250 g/mol. The molecule has 110 valence electrons. The quantitative estimate of drug-likeness (QED) is 0.618. The van der Waals surface area contributed by atoms with Gasteiger partial charge in [0.15, 0.2) is 0 Å². The van der Waals surface area contributed by atoms with Gasteiger partial charge in [0.05, 0.1) is 0 Å². The summed E-state index contributed by atoms with van der Waals surface area (Å²) >= 11 is 0. The predicted octanol–water partition coefficient (Wildman–Crippen LogP) is 3.51. The van der Waals surface area contributed by atoms with Crippen molar-refractivity contribution < 1.29 is 9.53 Å². The second-order valence-electron chi connectivity index (χ2n) is 7.49. The van der Waals surface area contributed by atoms with Crippen molar-refractivity contribution in [2.45, 2.75) is 59.1 Å². The van der Waals surface area contributed by atoms with Crippen LogP contribution >= 0.6 is 0 Å². The Hall–Kier alpha value is -1.43. The Morgan fingerprint density at radius 1 is 1.55 bits per heavy atom. The first-order valence-corrected chi connectivity index (χ1v) is 7.30. The average Bonchev–Trinajstić information content (AvgIpc) is 2.33. The lowest BCUT2D eigenvalue weighted by molar-refractivity contribution is -0.00987. The Balaban J connectivity index is 2.05. The SMILES string of the molecule is C#CC(NC(=O)OC(C)(C)C)C1=CC[C@H]2C[C@@H]1C2(C)C. The van der Waals surface area contributed by atoms with Crippen molar-refractivity contribution in [2.75, 3.05) is 0 Å². The molecule has 1 fully saturated rings. The molecule has 3 aliphatic carbocycles. The molecule has 0 aromatic rings. The lowest BCUT2D eigenvalue weighted by Crippen LogP contribution is -2.52. The van der Waals surface area contributed by atoms with Gasteiger partial charge >= 0.3 is 6.09 Å². The fourth-order valence-corrected chi connectivity index (χ4v) is 3.37. The highest BCUT2D eigenvalue weighted by Crippen LogP contribution is 2.59. The van der Waals surface area contributed by atoms with Gasteiger partial charge in [-0.15, -0.1) is 6.42 Å². The minimum absolute atomic E-state index is 0.300. The van der Waals surface area contributed by atoms with Gasteiger partial charge in [0.2, 0.25) is 0 Å². The molecule has 3 aliphatic rings. The van der Waals surface area contributed by atoms with E-state index in [0.29, 0.717) is 11.3 Å². The Morgan fingerprint density at radius 3 is 2.65 bits per heavy atom. The zero-order valence-electron chi connectivity index (χ0n) is 13.1. The monoisotopic (exact) mass is 275 g/mol. The molecule has 1 saturated carbocycles. The van der Waals surface area contributed by atoms with Crippen LogP contribution in [0.4, 0.5) is 4.79 Å². The molecule has 1 unspecified atom stereocenters. The summed E-state index contributed by atoms with van der Waals surface area (Å²) in [6, 6.07) is -0.352. The van der Waals surface area contributed by atoms with E-state index in [1.165, 1.54) is 12.0 Å². The number of allylic oxidation sites excluding steroid dienone is 1. The van der Waals surface area contributed by atoms with E-state index in [-0.39, 0.29) is 6.04 Å². The van der Waals surface area contributed by atoms with Crippen molar-refractivity contribution in [1.82, 2.24) is 5.32 Å². The molecule has 2 bridgehead atoms. The van der Waals surface area contributed by atoms with Crippen LogP contribution in [0, 0.1) is 29.6 Å². The first-order chi connectivity index (χ1) is 9.15. The molecule has 0 aliphatic heterocycles. The topological polar surface area (TPSA) is 38.3 Å². The van der Waals surface area contributed by atoms with Crippen LogP contribution in [-0.2, 0) is 4.74 Å². The van der Waals surface area contributed by atoms with Crippen LogP contribution in [-0.4, -0.2) is 17.7 Å². The van der Waals surface area contributed by atoms with Gasteiger partial charge in [0.25, 0.3) is 0 Å². The van der Waals surface area contributed by atoms with Gasteiger partial charge in [-0.1, -0.05) is 25.8 Å². The van der Waals surface area contributed by atoms with Crippen LogP contribution in [0.5, 0.6) is 0 Å². The fourth-order valence-electron chi connectivity index (χ4n) is 3.37. The number of carbonyl (C=O) groups excluding carboxylic acids is 1. The van der Waals surface area contributed by atoms with Crippen LogP contribution in [0.3, 0.4) is 0 Å². The van der Waals surface area contributed by atoms with Crippen LogP contribution in [0.1, 0.15) is 47.5 Å². The van der Waals surface area contributed by atoms with Crippen LogP contribution in [0.25, 0.3) is 0 Å². The number of alkyl carbamates (subject to hydrolysis) is 1. The van der Waals surface area contributed by atoms with Crippen LogP contribution in [0.15, 0.2) is 11.6 Å². The molecule has 0 radical (unpaired) electrons. The summed E-state index contributed by atoms with van der Waals surface area (Å²) in [7, 11) is 0. The summed E-state index contributed by atoms with van der Waals surface area (Å²) in [5.41, 5.74) is 0.977.